The van der Waals surface area contributed by atoms with E-state index in [1.165, 1.54) is 0 Å². The molecular weight excluding hydrogens is 193 g/mol. The van der Waals surface area contributed by atoms with E-state index in [2.05, 4.69) is 0 Å². The summed E-state index contributed by atoms with van der Waals surface area (Å²) in [5.41, 5.74) is 0. The Labute approximate surface area is 72.8 Å². The highest BCUT2D eigenvalue weighted by atomic mass is 32.2. The molecule has 0 aromatic rings. The molecule has 1 atom stereocenters. The Bertz CT molecular complexity index is 118. The van der Waals surface area contributed by atoms with Crippen LogP contribution >= 0.6 is 11.8 Å². The van der Waals surface area contributed by atoms with Crippen molar-refractivity contribution in [3.63, 3.8) is 0 Å². The van der Waals surface area contributed by atoms with Gasteiger partial charge in [0.25, 0.3) is 0 Å². The third kappa shape index (κ3) is 5.68. The van der Waals surface area contributed by atoms with E-state index in [1.807, 2.05) is 0 Å². The van der Waals surface area contributed by atoms with Gasteiger partial charge in [-0.05, 0) is 12.2 Å². The molecule has 0 saturated carbocycles. The molecule has 74 valence electrons. The van der Waals surface area contributed by atoms with E-state index in [0.717, 1.165) is 11.8 Å². The lowest BCUT2D eigenvalue weighted by molar-refractivity contribution is -0.195. The number of thioether (sulfide) groups is 1. The second-order valence-electron chi connectivity index (χ2n) is 2.21. The Kier molecular flexibility index (Phi) is 5.69. The summed E-state index contributed by atoms with van der Waals surface area (Å²) in [5.74, 6) is 0.0765. The molecule has 1 unspecified atom stereocenters. The van der Waals surface area contributed by atoms with Crippen molar-refractivity contribution in [2.75, 3.05) is 18.1 Å². The molecule has 0 aliphatic rings. The van der Waals surface area contributed by atoms with Gasteiger partial charge in [-0.3, -0.25) is 0 Å². The van der Waals surface area contributed by atoms with E-state index < -0.39 is 12.3 Å². The molecule has 0 fully saturated rings. The molecule has 0 aromatic carbocycles. The molecule has 0 radical (unpaired) electrons. The zero-order chi connectivity index (χ0) is 9.61. The molecule has 0 spiro atoms. The zero-order valence-corrected chi connectivity index (χ0v) is 7.16. The number of alkyl halides is 3. The van der Waals surface area contributed by atoms with Crippen molar-refractivity contribution >= 4 is 11.8 Å². The number of rotatable bonds is 5. The number of halogens is 3. The number of aliphatic hydroxyl groups is 2. The summed E-state index contributed by atoms with van der Waals surface area (Å²) in [7, 11) is 0. The first kappa shape index (κ1) is 12.1. The molecule has 2 nitrogen and oxygen atoms in total. The highest BCUT2D eigenvalue weighted by Crippen LogP contribution is 2.22. The normalized spacial score (nSPS) is 14.8. The minimum absolute atomic E-state index is 0.0326. The highest BCUT2D eigenvalue weighted by Gasteiger charge is 2.37. The molecule has 0 saturated heterocycles. The molecule has 12 heavy (non-hydrogen) atoms. The van der Waals surface area contributed by atoms with Crippen LogP contribution in [0.3, 0.4) is 0 Å². The van der Waals surface area contributed by atoms with Gasteiger partial charge in [-0.15, -0.1) is 0 Å². The topological polar surface area (TPSA) is 40.5 Å². The molecule has 6 heteroatoms. The molecule has 0 aliphatic heterocycles. The maximum Gasteiger partial charge on any atom is 0.415 e. The molecule has 0 aromatic heterocycles. The quantitative estimate of drug-likeness (QED) is 0.657. The van der Waals surface area contributed by atoms with Crippen molar-refractivity contribution in [3.8, 4) is 0 Å². The van der Waals surface area contributed by atoms with Crippen LogP contribution < -0.4 is 0 Å². The third-order valence-electron chi connectivity index (χ3n) is 1.10. The van der Waals surface area contributed by atoms with Crippen LogP contribution in [0.1, 0.15) is 6.42 Å². The summed E-state index contributed by atoms with van der Waals surface area (Å²) >= 11 is 0.983. The SMILES string of the molecule is OCCCSCC(O)C(F)(F)F. The second kappa shape index (κ2) is 5.66. The fourth-order valence-corrected chi connectivity index (χ4v) is 1.37. The van der Waals surface area contributed by atoms with Crippen molar-refractivity contribution < 1.29 is 23.4 Å². The van der Waals surface area contributed by atoms with Gasteiger partial charge >= 0.3 is 6.18 Å². The first-order valence-corrected chi connectivity index (χ1v) is 4.57. The van der Waals surface area contributed by atoms with Gasteiger partial charge < -0.3 is 10.2 Å². The number of hydrogen-bond acceptors (Lipinski definition) is 3. The molecule has 2 N–H and O–H groups in total. The van der Waals surface area contributed by atoms with Crippen LogP contribution in [0.5, 0.6) is 0 Å². The summed E-state index contributed by atoms with van der Waals surface area (Å²) in [6, 6.07) is 0. The molecule has 0 heterocycles. The highest BCUT2D eigenvalue weighted by molar-refractivity contribution is 7.99. The predicted octanol–water partition coefficient (Wildman–Crippen LogP) is 1.03. The maximum atomic E-state index is 11.6. The number of aliphatic hydroxyl groups excluding tert-OH is 2. The molecule has 0 rings (SSSR count). The summed E-state index contributed by atoms with van der Waals surface area (Å²) in [6.45, 7) is -0.0326. The van der Waals surface area contributed by atoms with Gasteiger partial charge in [0.15, 0.2) is 6.10 Å². The van der Waals surface area contributed by atoms with Crippen LogP contribution in [0, 0.1) is 0 Å². The fourth-order valence-electron chi connectivity index (χ4n) is 0.456. The average molecular weight is 204 g/mol. The molecular formula is C6H11F3O2S. The van der Waals surface area contributed by atoms with Crippen molar-refractivity contribution in [2.45, 2.75) is 18.7 Å². The summed E-state index contributed by atoms with van der Waals surface area (Å²) in [6.07, 6.45) is -6.32. The summed E-state index contributed by atoms with van der Waals surface area (Å²) in [4.78, 5) is 0. The van der Waals surface area contributed by atoms with Crippen LogP contribution in [-0.2, 0) is 0 Å². The molecule has 0 bridgehead atoms. The second-order valence-corrected chi connectivity index (χ2v) is 3.36. The Morgan fingerprint density at radius 2 is 1.92 bits per heavy atom. The molecule has 0 amide bonds. The van der Waals surface area contributed by atoms with Crippen LogP contribution in [0.2, 0.25) is 0 Å². The Hall–Kier alpha value is 0.0600. The smallest absolute Gasteiger partial charge is 0.396 e. The fraction of sp³-hybridized carbons (Fsp3) is 1.00. The van der Waals surface area contributed by atoms with Gasteiger partial charge in [-0.25, -0.2) is 0 Å². The largest absolute Gasteiger partial charge is 0.415 e. The van der Waals surface area contributed by atoms with Gasteiger partial charge in [0, 0.05) is 12.4 Å². The number of hydrogen-bond donors (Lipinski definition) is 2. The van der Waals surface area contributed by atoms with Crippen molar-refractivity contribution in [1.82, 2.24) is 0 Å². The summed E-state index contributed by atoms with van der Waals surface area (Å²) < 4.78 is 34.9. The first-order chi connectivity index (χ1) is 5.48. The zero-order valence-electron chi connectivity index (χ0n) is 6.34. The van der Waals surface area contributed by atoms with Crippen LogP contribution in [0.25, 0.3) is 0 Å². The average Bonchev–Trinajstić information content (AvgIpc) is 1.96. The lowest BCUT2D eigenvalue weighted by Crippen LogP contribution is -2.30. The molecule has 0 aliphatic carbocycles. The minimum Gasteiger partial charge on any atom is -0.396 e. The van der Waals surface area contributed by atoms with Crippen LogP contribution in [0.4, 0.5) is 13.2 Å². The van der Waals surface area contributed by atoms with Gasteiger partial charge in [0.2, 0.25) is 0 Å². The monoisotopic (exact) mass is 204 g/mol. The Morgan fingerprint density at radius 3 is 2.33 bits per heavy atom. The lowest BCUT2D eigenvalue weighted by atomic mass is 10.4. The lowest BCUT2D eigenvalue weighted by Gasteiger charge is -2.13. The van der Waals surface area contributed by atoms with Crippen molar-refractivity contribution in [3.05, 3.63) is 0 Å². The van der Waals surface area contributed by atoms with E-state index in [4.69, 9.17) is 10.2 Å². The van der Waals surface area contributed by atoms with Gasteiger partial charge in [0.1, 0.15) is 0 Å². The van der Waals surface area contributed by atoms with Crippen molar-refractivity contribution in [2.24, 2.45) is 0 Å². The van der Waals surface area contributed by atoms with E-state index in [1.54, 1.807) is 0 Å². The maximum absolute atomic E-state index is 11.6. The first-order valence-electron chi connectivity index (χ1n) is 3.42. The van der Waals surface area contributed by atoms with E-state index in [9.17, 15) is 13.2 Å². The van der Waals surface area contributed by atoms with E-state index in [0.29, 0.717) is 12.2 Å². The minimum atomic E-state index is -4.52. The van der Waals surface area contributed by atoms with Crippen molar-refractivity contribution in [1.29, 1.82) is 0 Å². The van der Waals surface area contributed by atoms with E-state index >= 15 is 0 Å². The Morgan fingerprint density at radius 1 is 1.33 bits per heavy atom. The predicted molar refractivity (Wildman–Crippen MR) is 41.1 cm³/mol. The van der Waals surface area contributed by atoms with Gasteiger partial charge in [0.05, 0.1) is 0 Å². The third-order valence-corrected chi connectivity index (χ3v) is 2.23. The van der Waals surface area contributed by atoms with Gasteiger partial charge in [-0.1, -0.05) is 0 Å². The Balaban J connectivity index is 3.38. The van der Waals surface area contributed by atoms with Crippen LogP contribution in [0.15, 0.2) is 0 Å². The standard InChI is InChI=1S/C6H11F3O2S/c7-6(8,9)5(11)4-12-3-1-2-10/h5,10-11H,1-4H2. The van der Waals surface area contributed by atoms with E-state index in [-0.39, 0.29) is 12.4 Å². The summed E-state index contributed by atoms with van der Waals surface area (Å²) in [5, 5.41) is 16.8. The van der Waals surface area contributed by atoms with Gasteiger partial charge in [-0.2, -0.15) is 24.9 Å². The van der Waals surface area contributed by atoms with Crippen LogP contribution in [-0.4, -0.2) is 40.6 Å².